The van der Waals surface area contributed by atoms with E-state index in [1.54, 1.807) is 13.0 Å². The van der Waals surface area contributed by atoms with Crippen LogP contribution in [-0.4, -0.2) is 27.4 Å². The van der Waals surface area contributed by atoms with Crippen molar-refractivity contribution in [1.29, 1.82) is 0 Å². The van der Waals surface area contributed by atoms with E-state index in [4.69, 9.17) is 15.3 Å². The van der Waals surface area contributed by atoms with Crippen molar-refractivity contribution in [3.63, 3.8) is 0 Å². The van der Waals surface area contributed by atoms with Gasteiger partial charge in [0.25, 0.3) is 0 Å². The van der Waals surface area contributed by atoms with Crippen LogP contribution in [0.25, 0.3) is 0 Å². The van der Waals surface area contributed by atoms with E-state index < -0.39 is 12.1 Å². The zero-order valence-corrected chi connectivity index (χ0v) is 7.97. The Hall–Kier alpha value is -1.55. The van der Waals surface area contributed by atoms with E-state index in [2.05, 4.69) is 6.58 Å². The van der Waals surface area contributed by atoms with Crippen molar-refractivity contribution in [1.82, 2.24) is 0 Å². The van der Waals surface area contributed by atoms with Gasteiger partial charge in [0.2, 0.25) is 0 Å². The molecule has 4 nitrogen and oxygen atoms in total. The first kappa shape index (κ1) is 12.4. The van der Waals surface area contributed by atoms with E-state index in [1.807, 2.05) is 0 Å². The van der Waals surface area contributed by atoms with Crippen LogP contribution >= 0.6 is 0 Å². The Bertz CT molecular complexity index is 276. The lowest BCUT2D eigenvalue weighted by molar-refractivity contribution is -0.146. The first-order valence-corrected chi connectivity index (χ1v) is 4.09. The van der Waals surface area contributed by atoms with Gasteiger partial charge in [0.15, 0.2) is 6.10 Å². The summed E-state index contributed by atoms with van der Waals surface area (Å²) in [7, 11) is 0. The van der Waals surface area contributed by atoms with E-state index >= 15 is 0 Å². The first-order chi connectivity index (χ1) is 6.47. The fourth-order valence-corrected chi connectivity index (χ4v) is 0.796. The van der Waals surface area contributed by atoms with Gasteiger partial charge in [-0.15, -0.1) is 0 Å². The van der Waals surface area contributed by atoms with Crippen LogP contribution < -0.4 is 0 Å². The van der Waals surface area contributed by atoms with Crippen molar-refractivity contribution in [2.45, 2.75) is 19.4 Å². The number of aliphatic carboxylic acids is 1. The molecule has 0 fully saturated rings. The van der Waals surface area contributed by atoms with E-state index in [1.165, 1.54) is 12.2 Å². The van der Waals surface area contributed by atoms with Crippen molar-refractivity contribution in [2.75, 3.05) is 0 Å². The van der Waals surface area contributed by atoms with Gasteiger partial charge in [0, 0.05) is 6.42 Å². The smallest absolute Gasteiger partial charge is 0.332 e. The minimum Gasteiger partial charge on any atom is -0.509 e. The Kier molecular flexibility index (Phi) is 5.33. The predicted octanol–water partition coefficient (Wildman–Crippen LogP) is 1.40. The molecule has 78 valence electrons. The fourth-order valence-electron chi connectivity index (χ4n) is 0.796. The maximum atomic E-state index is 10.3. The van der Waals surface area contributed by atoms with Gasteiger partial charge < -0.3 is 15.3 Å². The highest BCUT2D eigenvalue weighted by Gasteiger charge is 2.13. The molecule has 0 aliphatic carbocycles. The van der Waals surface area contributed by atoms with E-state index in [0.29, 0.717) is 5.57 Å². The summed E-state index contributed by atoms with van der Waals surface area (Å²) in [5.41, 5.74) is 0.620. The topological polar surface area (TPSA) is 77.8 Å². The number of carbonyl (C=O) groups is 1. The van der Waals surface area contributed by atoms with Crippen LogP contribution in [-0.2, 0) is 4.79 Å². The summed E-state index contributed by atoms with van der Waals surface area (Å²) in [5, 5.41) is 26.2. The number of carboxylic acids is 1. The third-order valence-electron chi connectivity index (χ3n) is 1.57. The minimum atomic E-state index is -1.42. The molecule has 14 heavy (non-hydrogen) atoms. The largest absolute Gasteiger partial charge is 0.509 e. The Morgan fingerprint density at radius 2 is 2.00 bits per heavy atom. The molecule has 0 amide bonds. The lowest BCUT2D eigenvalue weighted by atomic mass is 10.1. The number of aliphatic hydroxyl groups excluding tert-OH is 2. The fraction of sp³-hybridized carbons (Fsp3) is 0.300. The molecule has 0 aromatic carbocycles. The summed E-state index contributed by atoms with van der Waals surface area (Å²) in [6.07, 6.45) is 3.09. The van der Waals surface area contributed by atoms with Crippen molar-refractivity contribution in [3.05, 3.63) is 36.1 Å². The average Bonchev–Trinajstić information content (AvgIpc) is 2.11. The monoisotopic (exact) mass is 198 g/mol. The quantitative estimate of drug-likeness (QED) is 0.461. The van der Waals surface area contributed by atoms with Crippen LogP contribution in [0.5, 0.6) is 0 Å². The highest BCUT2D eigenvalue weighted by atomic mass is 16.4. The number of carboxylic acid groups (broad SMARTS) is 1. The molecule has 0 rings (SSSR count). The molecule has 0 spiro atoms. The SMILES string of the molecule is C=C(O)/C=C\C(=C/C)CC(O)C(=O)O. The zero-order chi connectivity index (χ0) is 11.1. The third kappa shape index (κ3) is 5.16. The molecule has 0 aromatic heterocycles. The van der Waals surface area contributed by atoms with E-state index in [9.17, 15) is 4.79 Å². The minimum absolute atomic E-state index is 0.00954. The van der Waals surface area contributed by atoms with E-state index in [-0.39, 0.29) is 12.2 Å². The summed E-state index contributed by atoms with van der Waals surface area (Å²) >= 11 is 0. The van der Waals surface area contributed by atoms with Gasteiger partial charge in [-0.3, -0.25) is 0 Å². The van der Waals surface area contributed by atoms with Crippen LogP contribution in [0.2, 0.25) is 0 Å². The Morgan fingerprint density at radius 1 is 1.43 bits per heavy atom. The molecular formula is C10H14O4. The normalized spacial score (nSPS) is 14.3. The van der Waals surface area contributed by atoms with Gasteiger partial charge in [-0.1, -0.05) is 18.7 Å². The van der Waals surface area contributed by atoms with Crippen LogP contribution in [0, 0.1) is 0 Å². The lowest BCUT2D eigenvalue weighted by Gasteiger charge is -2.05. The third-order valence-corrected chi connectivity index (χ3v) is 1.57. The average molecular weight is 198 g/mol. The van der Waals surface area contributed by atoms with Crippen molar-refractivity contribution in [2.24, 2.45) is 0 Å². The highest BCUT2D eigenvalue weighted by Crippen LogP contribution is 2.08. The summed E-state index contributed by atoms with van der Waals surface area (Å²) in [4.78, 5) is 10.3. The summed E-state index contributed by atoms with van der Waals surface area (Å²) in [5.74, 6) is -1.38. The Morgan fingerprint density at radius 3 is 2.36 bits per heavy atom. The molecule has 1 unspecified atom stereocenters. The van der Waals surface area contributed by atoms with Gasteiger partial charge in [-0.2, -0.15) is 0 Å². The molecule has 0 saturated carbocycles. The Balaban J connectivity index is 4.32. The van der Waals surface area contributed by atoms with Gasteiger partial charge in [-0.25, -0.2) is 4.79 Å². The molecule has 1 atom stereocenters. The molecule has 0 bridgehead atoms. The van der Waals surface area contributed by atoms with Crippen molar-refractivity contribution < 1.29 is 20.1 Å². The number of rotatable bonds is 5. The molecular weight excluding hydrogens is 184 g/mol. The van der Waals surface area contributed by atoms with Crippen LogP contribution in [0.15, 0.2) is 36.1 Å². The van der Waals surface area contributed by atoms with Gasteiger partial charge in [-0.05, 0) is 18.6 Å². The highest BCUT2D eigenvalue weighted by molar-refractivity contribution is 5.72. The van der Waals surface area contributed by atoms with Gasteiger partial charge in [0.05, 0.1) is 0 Å². The Labute approximate surface area is 82.5 Å². The second-order valence-corrected chi connectivity index (χ2v) is 2.75. The second-order valence-electron chi connectivity index (χ2n) is 2.75. The number of hydrogen-bond acceptors (Lipinski definition) is 3. The molecule has 0 heterocycles. The van der Waals surface area contributed by atoms with Crippen LogP contribution in [0.4, 0.5) is 0 Å². The summed E-state index contributed by atoms with van der Waals surface area (Å²) in [6.45, 7) is 4.95. The maximum absolute atomic E-state index is 10.3. The molecule has 0 aromatic rings. The summed E-state index contributed by atoms with van der Waals surface area (Å²) in [6, 6.07) is 0. The van der Waals surface area contributed by atoms with E-state index in [0.717, 1.165) is 0 Å². The molecule has 0 aliphatic heterocycles. The summed E-state index contributed by atoms with van der Waals surface area (Å²) < 4.78 is 0. The van der Waals surface area contributed by atoms with Crippen LogP contribution in [0.1, 0.15) is 13.3 Å². The molecule has 0 aliphatic rings. The number of hydrogen-bond donors (Lipinski definition) is 3. The standard InChI is InChI=1S/C10H14O4/c1-3-8(5-4-7(2)11)6-9(12)10(13)14/h3-5,9,11-12H,2,6H2,1H3,(H,13,14)/b5-4-,8-3+. The van der Waals surface area contributed by atoms with Crippen LogP contribution in [0.3, 0.4) is 0 Å². The second kappa shape index (κ2) is 5.99. The van der Waals surface area contributed by atoms with Crippen molar-refractivity contribution >= 4 is 5.97 Å². The van der Waals surface area contributed by atoms with Gasteiger partial charge in [0.1, 0.15) is 5.76 Å². The molecule has 4 heteroatoms. The lowest BCUT2D eigenvalue weighted by Crippen LogP contribution is -2.19. The van der Waals surface area contributed by atoms with Crippen molar-refractivity contribution in [3.8, 4) is 0 Å². The molecule has 0 saturated heterocycles. The maximum Gasteiger partial charge on any atom is 0.332 e. The van der Waals surface area contributed by atoms with Gasteiger partial charge >= 0.3 is 5.97 Å². The zero-order valence-electron chi connectivity index (χ0n) is 7.97. The number of allylic oxidation sites excluding steroid dienone is 3. The molecule has 3 N–H and O–H groups in total. The molecule has 0 radical (unpaired) electrons. The first-order valence-electron chi connectivity index (χ1n) is 4.09. The predicted molar refractivity (Wildman–Crippen MR) is 52.9 cm³/mol. The number of aliphatic hydroxyl groups is 2.